The van der Waals surface area contributed by atoms with Crippen molar-refractivity contribution in [3.63, 3.8) is 0 Å². The summed E-state index contributed by atoms with van der Waals surface area (Å²) in [6.45, 7) is 0. The molecule has 0 saturated carbocycles. The highest BCUT2D eigenvalue weighted by Crippen LogP contribution is 2.52. The van der Waals surface area contributed by atoms with Gasteiger partial charge in [0.15, 0.2) is 0 Å². The van der Waals surface area contributed by atoms with Crippen molar-refractivity contribution in [2.75, 3.05) is 5.75 Å². The minimum Gasteiger partial charge on any atom is -0.137 e. The summed E-state index contributed by atoms with van der Waals surface area (Å²) in [5.41, 5.74) is 2.71. The lowest BCUT2D eigenvalue weighted by Crippen LogP contribution is -1.84. The summed E-state index contributed by atoms with van der Waals surface area (Å²) >= 11 is 4.03. The van der Waals surface area contributed by atoms with Gasteiger partial charge >= 0.3 is 0 Å². The third-order valence-electron chi connectivity index (χ3n) is 4.78. The molecular formula is C24H18S2. The molecule has 0 radical (unpaired) electrons. The Labute approximate surface area is 162 Å². The third-order valence-corrected chi connectivity index (χ3v) is 7.77. The molecule has 2 heteroatoms. The zero-order valence-corrected chi connectivity index (χ0v) is 15.9. The topological polar surface area (TPSA) is 0 Å². The molecule has 0 N–H and O–H groups in total. The predicted octanol–water partition coefficient (Wildman–Crippen LogP) is 7.51. The monoisotopic (exact) mass is 370 g/mol. The van der Waals surface area contributed by atoms with Crippen LogP contribution >= 0.6 is 23.5 Å². The largest absolute Gasteiger partial charge is 0.137 e. The first-order chi connectivity index (χ1) is 12.8. The van der Waals surface area contributed by atoms with Gasteiger partial charge in [0.05, 0.1) is 4.58 Å². The molecule has 1 saturated heterocycles. The van der Waals surface area contributed by atoms with Crippen LogP contribution in [0.2, 0.25) is 0 Å². The van der Waals surface area contributed by atoms with E-state index in [0.717, 1.165) is 5.75 Å². The van der Waals surface area contributed by atoms with Crippen LogP contribution in [0.1, 0.15) is 15.7 Å². The molecule has 1 aliphatic heterocycles. The van der Waals surface area contributed by atoms with Crippen molar-refractivity contribution < 1.29 is 0 Å². The Balaban J connectivity index is 1.40. The van der Waals surface area contributed by atoms with Crippen LogP contribution in [-0.2, 0) is 0 Å². The van der Waals surface area contributed by atoms with Crippen LogP contribution in [0.4, 0.5) is 0 Å². The van der Waals surface area contributed by atoms with Crippen molar-refractivity contribution >= 4 is 51.1 Å². The van der Waals surface area contributed by atoms with Crippen LogP contribution in [0.5, 0.6) is 0 Å². The molecule has 26 heavy (non-hydrogen) atoms. The SMILES string of the molecule is C(=C1CSC(c2ccc3ccccc3c2)S1)c1ccc2ccccc2c1. The second-order valence-electron chi connectivity index (χ2n) is 6.58. The Hall–Kier alpha value is -2.16. The Kier molecular flexibility index (Phi) is 4.24. The number of hydrogen-bond donors (Lipinski definition) is 0. The lowest BCUT2D eigenvalue weighted by Gasteiger charge is -2.09. The van der Waals surface area contributed by atoms with E-state index >= 15 is 0 Å². The van der Waals surface area contributed by atoms with Crippen LogP contribution in [-0.4, -0.2) is 5.75 Å². The molecule has 4 aromatic carbocycles. The first kappa shape index (κ1) is 16.0. The van der Waals surface area contributed by atoms with E-state index in [4.69, 9.17) is 0 Å². The second kappa shape index (κ2) is 6.86. The molecule has 1 atom stereocenters. The van der Waals surface area contributed by atoms with Crippen molar-refractivity contribution in [3.8, 4) is 0 Å². The maximum atomic E-state index is 2.35. The Morgan fingerprint density at radius 3 is 2.12 bits per heavy atom. The molecule has 0 bridgehead atoms. The molecule has 0 amide bonds. The van der Waals surface area contributed by atoms with Gasteiger partial charge in [0.2, 0.25) is 0 Å². The summed E-state index contributed by atoms with van der Waals surface area (Å²) in [5.74, 6) is 1.09. The van der Waals surface area contributed by atoms with Gasteiger partial charge in [-0.15, -0.1) is 23.5 Å². The molecule has 1 unspecified atom stereocenters. The van der Waals surface area contributed by atoms with E-state index in [9.17, 15) is 0 Å². The van der Waals surface area contributed by atoms with Gasteiger partial charge in [-0.05, 0) is 55.8 Å². The zero-order valence-electron chi connectivity index (χ0n) is 14.3. The summed E-state index contributed by atoms with van der Waals surface area (Å²) in [6.07, 6.45) is 2.35. The van der Waals surface area contributed by atoms with Gasteiger partial charge in [-0.2, -0.15) is 0 Å². The Morgan fingerprint density at radius 1 is 0.692 bits per heavy atom. The van der Waals surface area contributed by atoms with E-state index in [1.54, 1.807) is 0 Å². The summed E-state index contributed by atoms with van der Waals surface area (Å²) in [5, 5.41) is 5.26. The van der Waals surface area contributed by atoms with Gasteiger partial charge in [-0.1, -0.05) is 72.8 Å². The van der Waals surface area contributed by atoms with Crippen molar-refractivity contribution in [2.24, 2.45) is 0 Å². The van der Waals surface area contributed by atoms with Gasteiger partial charge in [-0.3, -0.25) is 0 Å². The van der Waals surface area contributed by atoms with Crippen LogP contribution < -0.4 is 0 Å². The normalized spacial score (nSPS) is 18.8. The van der Waals surface area contributed by atoms with E-state index in [1.807, 2.05) is 23.5 Å². The second-order valence-corrected chi connectivity index (χ2v) is 9.21. The Morgan fingerprint density at radius 2 is 1.35 bits per heavy atom. The molecule has 0 aromatic heterocycles. The van der Waals surface area contributed by atoms with Crippen molar-refractivity contribution in [1.82, 2.24) is 0 Å². The fraction of sp³-hybridized carbons (Fsp3) is 0.0833. The molecule has 126 valence electrons. The van der Waals surface area contributed by atoms with Gasteiger partial charge in [-0.25, -0.2) is 0 Å². The Bertz CT molecular complexity index is 1130. The van der Waals surface area contributed by atoms with Crippen LogP contribution in [0.15, 0.2) is 89.8 Å². The third kappa shape index (κ3) is 3.15. The maximum Gasteiger partial charge on any atom is 0.0799 e. The van der Waals surface area contributed by atoms with E-state index in [2.05, 4.69) is 91.0 Å². The van der Waals surface area contributed by atoms with Crippen molar-refractivity contribution in [3.05, 3.63) is 101 Å². The molecule has 1 aliphatic rings. The standard InChI is InChI=1S/C24H18S2/c1-3-7-20-13-17(9-10-18(20)5-1)14-23-16-25-24(26-23)22-12-11-19-6-2-4-8-21(19)15-22/h1-15,24H,16H2. The van der Waals surface area contributed by atoms with Gasteiger partial charge < -0.3 is 0 Å². The number of hydrogen-bond acceptors (Lipinski definition) is 2. The van der Waals surface area contributed by atoms with E-state index in [0.29, 0.717) is 4.58 Å². The quantitative estimate of drug-likeness (QED) is 0.358. The fourth-order valence-corrected chi connectivity index (χ4v) is 6.26. The first-order valence-electron chi connectivity index (χ1n) is 8.81. The van der Waals surface area contributed by atoms with E-state index in [-0.39, 0.29) is 0 Å². The molecule has 5 rings (SSSR count). The lowest BCUT2D eigenvalue weighted by molar-refractivity contribution is 1.42. The molecule has 0 aliphatic carbocycles. The van der Waals surface area contributed by atoms with E-state index in [1.165, 1.54) is 37.6 Å². The molecule has 0 spiro atoms. The van der Waals surface area contributed by atoms with Crippen LogP contribution in [0.3, 0.4) is 0 Å². The van der Waals surface area contributed by atoms with Crippen LogP contribution in [0.25, 0.3) is 27.6 Å². The smallest absolute Gasteiger partial charge is 0.0799 e. The van der Waals surface area contributed by atoms with Gasteiger partial charge in [0, 0.05) is 5.75 Å². The number of rotatable bonds is 2. The van der Waals surface area contributed by atoms with Crippen molar-refractivity contribution in [2.45, 2.75) is 4.58 Å². The lowest BCUT2D eigenvalue weighted by atomic mass is 10.1. The summed E-state index contributed by atoms with van der Waals surface area (Å²) in [7, 11) is 0. The highest BCUT2D eigenvalue weighted by Gasteiger charge is 2.22. The first-order valence-corrected chi connectivity index (χ1v) is 10.7. The zero-order chi connectivity index (χ0) is 17.3. The van der Waals surface area contributed by atoms with Crippen molar-refractivity contribution in [1.29, 1.82) is 0 Å². The number of benzene rings is 4. The highest BCUT2D eigenvalue weighted by molar-refractivity contribution is 8.22. The maximum absolute atomic E-state index is 2.35. The average Bonchev–Trinajstić information content (AvgIpc) is 3.16. The van der Waals surface area contributed by atoms with E-state index < -0.39 is 0 Å². The number of fused-ring (bicyclic) bond motifs is 2. The molecular weight excluding hydrogens is 352 g/mol. The van der Waals surface area contributed by atoms with Crippen LogP contribution in [0, 0.1) is 0 Å². The highest BCUT2D eigenvalue weighted by atomic mass is 32.2. The minimum atomic E-state index is 0.492. The van der Waals surface area contributed by atoms with Gasteiger partial charge in [0.25, 0.3) is 0 Å². The summed E-state index contributed by atoms with van der Waals surface area (Å²) < 4.78 is 0.492. The molecule has 1 heterocycles. The fourth-order valence-electron chi connectivity index (χ4n) is 3.44. The molecule has 4 aromatic rings. The van der Waals surface area contributed by atoms with Gasteiger partial charge in [0.1, 0.15) is 0 Å². The molecule has 0 nitrogen and oxygen atoms in total. The summed E-state index contributed by atoms with van der Waals surface area (Å²) in [6, 6.07) is 30.8. The average molecular weight is 371 g/mol. The minimum absolute atomic E-state index is 0.492. The molecule has 1 fully saturated rings. The number of thioether (sulfide) groups is 2. The predicted molar refractivity (Wildman–Crippen MR) is 119 cm³/mol. The summed E-state index contributed by atoms with van der Waals surface area (Å²) in [4.78, 5) is 1.46.